The van der Waals surface area contributed by atoms with Crippen LogP contribution < -0.4 is 11.1 Å². The molecule has 0 radical (unpaired) electrons. The number of nitrogens with zero attached hydrogens (tertiary/aromatic N) is 1. The molecule has 1 aliphatic carbocycles. The highest BCUT2D eigenvalue weighted by Gasteiger charge is 2.46. The van der Waals surface area contributed by atoms with E-state index in [1.165, 1.54) is 6.42 Å². The number of oxime groups is 1. The molecule has 0 aromatic heterocycles. The van der Waals surface area contributed by atoms with Gasteiger partial charge in [-0.05, 0) is 31.1 Å². The largest absolute Gasteiger partial charge is 0.409 e. The number of hydrogen-bond donors (Lipinski definition) is 3. The van der Waals surface area contributed by atoms with E-state index < -0.39 is 5.41 Å². The Balaban J connectivity index is 2.15. The monoisotopic (exact) mass is 297 g/mol. The summed E-state index contributed by atoms with van der Waals surface area (Å²) in [7, 11) is 0. The number of hydrogen-bond acceptors (Lipinski definition) is 4. The predicted molar refractivity (Wildman–Crippen MR) is 80.1 cm³/mol. The van der Waals surface area contributed by atoms with Crippen LogP contribution in [0.3, 0.4) is 0 Å². The molecule has 1 heterocycles. The van der Waals surface area contributed by atoms with Crippen LogP contribution in [0.2, 0.25) is 0 Å². The second-order valence-corrected chi connectivity index (χ2v) is 6.94. The fraction of sp³-hybridized carbons (Fsp3) is 0.867. The Morgan fingerprint density at radius 1 is 1.29 bits per heavy atom. The van der Waals surface area contributed by atoms with E-state index in [9.17, 15) is 4.79 Å². The second kappa shape index (κ2) is 6.22. The lowest BCUT2D eigenvalue weighted by atomic mass is 9.72. The molecule has 4 N–H and O–H groups in total. The Hall–Kier alpha value is -1.30. The molecule has 0 aromatic carbocycles. The van der Waals surface area contributed by atoms with Crippen molar-refractivity contribution in [3.05, 3.63) is 0 Å². The lowest BCUT2D eigenvalue weighted by Gasteiger charge is -2.42. The van der Waals surface area contributed by atoms with E-state index in [0.717, 1.165) is 19.3 Å². The Bertz CT molecular complexity index is 414. The van der Waals surface area contributed by atoms with Gasteiger partial charge in [0.25, 0.3) is 0 Å². The number of ether oxygens (including phenoxy) is 1. The Morgan fingerprint density at radius 3 is 2.52 bits per heavy atom. The first-order chi connectivity index (χ1) is 9.92. The molecule has 1 amide bonds. The van der Waals surface area contributed by atoms with Crippen LogP contribution in [-0.2, 0) is 9.53 Å². The highest BCUT2D eigenvalue weighted by molar-refractivity contribution is 6.07. The maximum absolute atomic E-state index is 12.8. The summed E-state index contributed by atoms with van der Waals surface area (Å²) in [5, 5.41) is 15.3. The topological polar surface area (TPSA) is 96.9 Å². The molecule has 1 unspecified atom stereocenters. The third-order valence-corrected chi connectivity index (χ3v) is 5.19. The van der Waals surface area contributed by atoms with Gasteiger partial charge < -0.3 is 21.0 Å². The van der Waals surface area contributed by atoms with Gasteiger partial charge in [0.15, 0.2) is 5.84 Å². The van der Waals surface area contributed by atoms with Gasteiger partial charge in [0.05, 0.1) is 0 Å². The van der Waals surface area contributed by atoms with Crippen molar-refractivity contribution in [2.75, 3.05) is 13.2 Å². The van der Waals surface area contributed by atoms with Crippen LogP contribution in [-0.4, -0.2) is 36.2 Å². The third kappa shape index (κ3) is 3.15. The van der Waals surface area contributed by atoms with Gasteiger partial charge in [0, 0.05) is 19.3 Å². The van der Waals surface area contributed by atoms with Crippen molar-refractivity contribution in [1.82, 2.24) is 5.32 Å². The molecule has 1 atom stereocenters. The highest BCUT2D eigenvalue weighted by atomic mass is 16.5. The quantitative estimate of drug-likeness (QED) is 0.319. The first-order valence-corrected chi connectivity index (χ1v) is 7.79. The average Bonchev–Trinajstić information content (AvgIpc) is 2.49. The molecule has 120 valence electrons. The third-order valence-electron chi connectivity index (χ3n) is 5.19. The van der Waals surface area contributed by atoms with Gasteiger partial charge in [-0.2, -0.15) is 0 Å². The summed E-state index contributed by atoms with van der Waals surface area (Å²) in [5.74, 6) is -0.127. The molecule has 6 nitrogen and oxygen atoms in total. The first kappa shape index (κ1) is 16.1. The van der Waals surface area contributed by atoms with E-state index in [4.69, 9.17) is 15.7 Å². The number of amides is 1. The van der Waals surface area contributed by atoms with Crippen LogP contribution in [0.1, 0.15) is 52.4 Å². The van der Waals surface area contributed by atoms with E-state index in [1.54, 1.807) is 0 Å². The second-order valence-electron chi connectivity index (χ2n) is 6.94. The van der Waals surface area contributed by atoms with Crippen molar-refractivity contribution in [2.45, 2.75) is 58.4 Å². The molecular formula is C15H27N3O3. The summed E-state index contributed by atoms with van der Waals surface area (Å²) in [4.78, 5) is 12.8. The van der Waals surface area contributed by atoms with Crippen LogP contribution in [0.25, 0.3) is 0 Å². The molecule has 0 spiro atoms. The van der Waals surface area contributed by atoms with E-state index in [0.29, 0.717) is 26.1 Å². The van der Waals surface area contributed by atoms with E-state index in [1.807, 2.05) is 0 Å². The zero-order valence-electron chi connectivity index (χ0n) is 13.0. The first-order valence-electron chi connectivity index (χ1n) is 7.79. The van der Waals surface area contributed by atoms with Gasteiger partial charge in [-0.3, -0.25) is 4.79 Å². The molecule has 0 aromatic rings. The summed E-state index contributed by atoms with van der Waals surface area (Å²) < 4.78 is 5.33. The van der Waals surface area contributed by atoms with Crippen molar-refractivity contribution in [1.29, 1.82) is 0 Å². The lowest BCUT2D eigenvalue weighted by Crippen LogP contribution is -2.57. The van der Waals surface area contributed by atoms with Gasteiger partial charge in [-0.25, -0.2) is 0 Å². The normalized spacial score (nSPS) is 28.9. The molecule has 2 rings (SSSR count). The molecular weight excluding hydrogens is 270 g/mol. The van der Waals surface area contributed by atoms with Crippen LogP contribution in [0, 0.1) is 10.8 Å². The van der Waals surface area contributed by atoms with Crippen molar-refractivity contribution in [3.63, 3.8) is 0 Å². The molecule has 6 heteroatoms. The minimum atomic E-state index is -0.930. The van der Waals surface area contributed by atoms with Crippen LogP contribution in [0.4, 0.5) is 0 Å². The Morgan fingerprint density at radius 2 is 1.95 bits per heavy atom. The van der Waals surface area contributed by atoms with Gasteiger partial charge in [-0.15, -0.1) is 0 Å². The van der Waals surface area contributed by atoms with E-state index in [-0.39, 0.29) is 23.2 Å². The van der Waals surface area contributed by atoms with Gasteiger partial charge in [-0.1, -0.05) is 31.8 Å². The zero-order chi connectivity index (χ0) is 15.5. The fourth-order valence-electron chi connectivity index (χ4n) is 3.47. The minimum Gasteiger partial charge on any atom is -0.409 e. The molecule has 1 aliphatic heterocycles. The van der Waals surface area contributed by atoms with Crippen LogP contribution in [0.15, 0.2) is 5.16 Å². The SMILES string of the molecule is CC1(C)CCCCC1NC(=O)C1(C(N)=NO)CCOCC1. The van der Waals surface area contributed by atoms with Crippen LogP contribution in [0.5, 0.6) is 0 Å². The molecule has 21 heavy (non-hydrogen) atoms. The fourth-order valence-corrected chi connectivity index (χ4v) is 3.47. The molecule has 1 saturated heterocycles. The highest BCUT2D eigenvalue weighted by Crippen LogP contribution is 2.37. The van der Waals surface area contributed by atoms with E-state index >= 15 is 0 Å². The van der Waals surface area contributed by atoms with Crippen molar-refractivity contribution < 1.29 is 14.7 Å². The van der Waals surface area contributed by atoms with Crippen LogP contribution >= 0.6 is 0 Å². The van der Waals surface area contributed by atoms with Gasteiger partial charge >= 0.3 is 0 Å². The Kier molecular flexibility index (Phi) is 4.76. The van der Waals surface area contributed by atoms with Crippen molar-refractivity contribution >= 4 is 11.7 Å². The van der Waals surface area contributed by atoms with Crippen molar-refractivity contribution in [3.8, 4) is 0 Å². The molecule has 0 bridgehead atoms. The number of amidine groups is 1. The molecule has 1 saturated carbocycles. The maximum Gasteiger partial charge on any atom is 0.234 e. The number of carbonyl (C=O) groups is 1. The number of nitrogens with one attached hydrogen (secondary N) is 1. The smallest absolute Gasteiger partial charge is 0.234 e. The average molecular weight is 297 g/mol. The number of carbonyl (C=O) groups excluding carboxylic acids is 1. The maximum atomic E-state index is 12.8. The summed E-state index contributed by atoms with van der Waals surface area (Å²) in [6, 6.07) is 0.143. The standard InChI is InChI=1S/C15H27N3O3/c1-14(2)6-4-3-5-11(14)17-13(19)15(12(16)18-20)7-9-21-10-8-15/h11,20H,3-10H2,1-2H3,(H2,16,18)(H,17,19). The van der Waals surface area contributed by atoms with E-state index in [2.05, 4.69) is 24.3 Å². The summed E-state index contributed by atoms with van der Waals surface area (Å²) in [6.45, 7) is 5.30. The van der Waals surface area contributed by atoms with Gasteiger partial charge in [0.2, 0.25) is 5.91 Å². The number of nitrogens with two attached hydrogens (primary N) is 1. The summed E-state index contributed by atoms with van der Waals surface area (Å²) >= 11 is 0. The van der Waals surface area contributed by atoms with Crippen molar-refractivity contribution in [2.24, 2.45) is 21.7 Å². The summed E-state index contributed by atoms with van der Waals surface area (Å²) in [5.41, 5.74) is 5.00. The minimum absolute atomic E-state index is 0.00286. The Labute approximate surface area is 126 Å². The molecule has 2 aliphatic rings. The zero-order valence-corrected chi connectivity index (χ0v) is 13.0. The van der Waals surface area contributed by atoms with Gasteiger partial charge in [0.1, 0.15) is 5.41 Å². The lowest BCUT2D eigenvalue weighted by molar-refractivity contribution is -0.133. The summed E-state index contributed by atoms with van der Waals surface area (Å²) in [6.07, 6.45) is 5.36. The number of rotatable bonds is 3. The predicted octanol–water partition coefficient (Wildman–Crippen LogP) is 1.61. The molecule has 2 fully saturated rings.